The summed E-state index contributed by atoms with van der Waals surface area (Å²) in [4.78, 5) is 0.318. The number of hydrogen-bond donors (Lipinski definition) is 1. The van der Waals surface area contributed by atoms with E-state index in [-0.39, 0.29) is 11.8 Å². The molecule has 0 unspecified atom stereocenters. The molecule has 0 heterocycles. The molecule has 1 N–H and O–H groups in total. The Morgan fingerprint density at radius 3 is 1.12 bits per heavy atom. The Morgan fingerprint density at radius 1 is 0.500 bits per heavy atom. The van der Waals surface area contributed by atoms with Crippen LogP contribution in [0.2, 0.25) is 0 Å². The molecule has 0 spiro atoms. The van der Waals surface area contributed by atoms with Gasteiger partial charge in [0, 0.05) is 0 Å². The van der Waals surface area contributed by atoms with Crippen LogP contribution in [0.3, 0.4) is 0 Å². The van der Waals surface area contributed by atoms with Crippen molar-refractivity contribution in [2.75, 3.05) is 0 Å². The van der Waals surface area contributed by atoms with E-state index in [0.717, 1.165) is 36.8 Å². The van der Waals surface area contributed by atoms with Crippen molar-refractivity contribution in [2.24, 2.45) is 0 Å². The summed E-state index contributed by atoms with van der Waals surface area (Å²) in [6.07, 6.45) is 25.5. The summed E-state index contributed by atoms with van der Waals surface area (Å²) in [5, 5.41) is 0. The van der Waals surface area contributed by atoms with Gasteiger partial charge in [0.2, 0.25) is 0 Å². The van der Waals surface area contributed by atoms with Gasteiger partial charge in [0.25, 0.3) is 10.1 Å². The summed E-state index contributed by atoms with van der Waals surface area (Å²) >= 11 is 0. The fourth-order valence-electron chi connectivity index (χ4n) is 7.16. The molecule has 0 amide bonds. The van der Waals surface area contributed by atoms with E-state index >= 15 is 0 Å². The van der Waals surface area contributed by atoms with Crippen LogP contribution < -0.4 is 0 Å². The topological polar surface area (TPSA) is 54.4 Å². The fourth-order valence-corrected chi connectivity index (χ4v) is 8.21. The van der Waals surface area contributed by atoms with Gasteiger partial charge in [0.1, 0.15) is 4.90 Å². The van der Waals surface area contributed by atoms with E-state index < -0.39 is 10.1 Å². The van der Waals surface area contributed by atoms with Crippen LogP contribution >= 0.6 is 0 Å². The molecule has 0 saturated heterocycles. The molecule has 3 aliphatic rings. The maximum Gasteiger partial charge on any atom is 0.295 e. The quantitative estimate of drug-likeness (QED) is 0.429. The van der Waals surface area contributed by atoms with Gasteiger partial charge in [0.05, 0.1) is 0 Å². The Labute approximate surface area is 209 Å². The van der Waals surface area contributed by atoms with E-state index in [0.29, 0.717) is 10.8 Å². The van der Waals surface area contributed by atoms with E-state index in [4.69, 9.17) is 0 Å². The van der Waals surface area contributed by atoms with Gasteiger partial charge in [0.15, 0.2) is 0 Å². The zero-order valence-electron chi connectivity index (χ0n) is 21.4. The van der Waals surface area contributed by atoms with Crippen LogP contribution in [0.5, 0.6) is 0 Å². The van der Waals surface area contributed by atoms with Crippen molar-refractivity contribution in [3.05, 3.63) is 28.8 Å². The third-order valence-electron chi connectivity index (χ3n) is 9.09. The Kier molecular flexibility index (Phi) is 9.94. The van der Waals surface area contributed by atoms with Crippen LogP contribution in [-0.4, -0.2) is 13.0 Å². The summed E-state index contributed by atoms with van der Waals surface area (Å²) < 4.78 is 36.6. The monoisotopic (exact) mass is 488 g/mol. The highest BCUT2D eigenvalue weighted by Gasteiger charge is 2.31. The van der Waals surface area contributed by atoms with Crippen LogP contribution in [0.25, 0.3) is 0 Å². The van der Waals surface area contributed by atoms with Crippen molar-refractivity contribution in [1.82, 2.24) is 0 Å². The second-order valence-electron chi connectivity index (χ2n) is 11.6. The molecule has 0 aromatic heterocycles. The molecule has 4 rings (SSSR count). The van der Waals surface area contributed by atoms with Crippen molar-refractivity contribution in [2.45, 2.75) is 157 Å². The Balaban J connectivity index is 1.81. The van der Waals surface area contributed by atoms with E-state index in [1.165, 1.54) is 115 Å². The Morgan fingerprint density at radius 2 is 0.794 bits per heavy atom. The molecule has 3 nitrogen and oxygen atoms in total. The number of hydrogen-bond acceptors (Lipinski definition) is 2. The lowest BCUT2D eigenvalue weighted by molar-refractivity contribution is 0.427. The van der Waals surface area contributed by atoms with Gasteiger partial charge in [-0.05, 0) is 73.0 Å². The van der Waals surface area contributed by atoms with Gasteiger partial charge < -0.3 is 0 Å². The number of benzene rings is 1. The first-order valence-corrected chi connectivity index (χ1v) is 16.1. The third kappa shape index (κ3) is 7.09. The van der Waals surface area contributed by atoms with Gasteiger partial charge in [-0.25, -0.2) is 0 Å². The fraction of sp³-hybridized carbons (Fsp3) is 0.800. The molecule has 3 aliphatic carbocycles. The van der Waals surface area contributed by atoms with Crippen molar-refractivity contribution < 1.29 is 13.0 Å². The first kappa shape index (κ1) is 26.2. The maximum atomic E-state index is 13.0. The van der Waals surface area contributed by atoms with Crippen molar-refractivity contribution in [1.29, 1.82) is 0 Å². The zero-order valence-corrected chi connectivity index (χ0v) is 22.2. The predicted molar refractivity (Wildman–Crippen MR) is 141 cm³/mol. The maximum absolute atomic E-state index is 13.0. The Hall–Kier alpha value is -0.870. The van der Waals surface area contributed by atoms with Crippen LogP contribution in [0.4, 0.5) is 0 Å². The minimum atomic E-state index is -4.27. The average Bonchev–Trinajstić information content (AvgIpc) is 2.71. The van der Waals surface area contributed by atoms with E-state index in [9.17, 15) is 13.0 Å². The standard InChI is InChI=1S/C30H48O3S/c31-34(32,33)30-28(25-18-12-6-2-7-13-19-25)22-27(24-16-10-4-1-5-11-17-24)23-29(30)26-20-14-8-3-9-15-21-26/h22-26H,1-21H2,(H,31,32,33). The molecule has 192 valence electrons. The zero-order chi connectivity index (χ0) is 23.8. The SMILES string of the molecule is O=S(=O)(O)c1c(C2CCCCCCC2)cc(C2CCCCCCC2)cc1C1CCCCCCC1. The first-order valence-electron chi connectivity index (χ1n) is 14.7. The van der Waals surface area contributed by atoms with Crippen LogP contribution in [0.15, 0.2) is 17.0 Å². The first-order chi connectivity index (χ1) is 16.5. The summed E-state index contributed by atoms with van der Waals surface area (Å²) in [7, 11) is -4.27. The molecule has 3 fully saturated rings. The van der Waals surface area contributed by atoms with Crippen molar-refractivity contribution in [3.63, 3.8) is 0 Å². The van der Waals surface area contributed by atoms with Crippen LogP contribution in [0, 0.1) is 0 Å². The molecule has 4 heteroatoms. The van der Waals surface area contributed by atoms with E-state index in [2.05, 4.69) is 12.1 Å². The lowest BCUT2D eigenvalue weighted by atomic mass is 9.77. The lowest BCUT2D eigenvalue weighted by Gasteiger charge is -2.30. The molecule has 1 aromatic rings. The average molecular weight is 489 g/mol. The van der Waals surface area contributed by atoms with Crippen LogP contribution in [-0.2, 0) is 10.1 Å². The second-order valence-corrected chi connectivity index (χ2v) is 13.0. The van der Waals surface area contributed by atoms with Gasteiger partial charge in [-0.2, -0.15) is 8.42 Å². The molecule has 0 atom stereocenters. The van der Waals surface area contributed by atoms with Gasteiger partial charge in [-0.1, -0.05) is 108 Å². The van der Waals surface area contributed by atoms with E-state index in [1.54, 1.807) is 0 Å². The summed E-state index contributed by atoms with van der Waals surface area (Å²) in [5.74, 6) is 1.06. The number of rotatable bonds is 4. The third-order valence-corrected chi connectivity index (χ3v) is 10.1. The molecule has 0 aliphatic heterocycles. The summed E-state index contributed by atoms with van der Waals surface area (Å²) in [5.41, 5.74) is 3.32. The largest absolute Gasteiger partial charge is 0.295 e. The van der Waals surface area contributed by atoms with E-state index in [1.807, 2.05) is 0 Å². The summed E-state index contributed by atoms with van der Waals surface area (Å²) in [6, 6.07) is 4.52. The normalized spacial score (nSPS) is 23.8. The Bertz CT molecular complexity index is 808. The van der Waals surface area contributed by atoms with Gasteiger partial charge in [-0.15, -0.1) is 0 Å². The molecule has 3 saturated carbocycles. The highest BCUT2D eigenvalue weighted by atomic mass is 32.2. The van der Waals surface area contributed by atoms with Crippen LogP contribution in [0.1, 0.15) is 169 Å². The highest BCUT2D eigenvalue weighted by molar-refractivity contribution is 7.86. The molecule has 0 radical (unpaired) electrons. The smallest absolute Gasteiger partial charge is 0.282 e. The molecular formula is C30H48O3S. The minimum absolute atomic E-state index is 0.262. The molecule has 34 heavy (non-hydrogen) atoms. The molecule has 1 aromatic carbocycles. The molecular weight excluding hydrogens is 440 g/mol. The molecule has 0 bridgehead atoms. The van der Waals surface area contributed by atoms with Gasteiger partial charge in [-0.3, -0.25) is 4.55 Å². The minimum Gasteiger partial charge on any atom is -0.282 e. The van der Waals surface area contributed by atoms with Gasteiger partial charge >= 0.3 is 0 Å². The predicted octanol–water partition coefficient (Wildman–Crippen LogP) is 9.42. The van der Waals surface area contributed by atoms with Crippen molar-refractivity contribution in [3.8, 4) is 0 Å². The lowest BCUT2D eigenvalue weighted by Crippen LogP contribution is -2.17. The highest BCUT2D eigenvalue weighted by Crippen LogP contribution is 2.44. The van der Waals surface area contributed by atoms with Crippen molar-refractivity contribution >= 4 is 10.1 Å². The second kappa shape index (κ2) is 12.9. The summed E-state index contributed by atoms with van der Waals surface area (Å²) in [6.45, 7) is 0.